The van der Waals surface area contributed by atoms with Gasteiger partial charge in [0.2, 0.25) is 0 Å². The molecule has 20 heavy (non-hydrogen) atoms. The summed E-state index contributed by atoms with van der Waals surface area (Å²) >= 11 is 0. The number of carbonyl (C=O) groups excluding carboxylic acids is 1. The summed E-state index contributed by atoms with van der Waals surface area (Å²) in [5.74, 6) is 5.27. The van der Waals surface area contributed by atoms with E-state index in [-0.39, 0.29) is 6.79 Å². The van der Waals surface area contributed by atoms with E-state index in [4.69, 9.17) is 14.2 Å². The van der Waals surface area contributed by atoms with E-state index in [9.17, 15) is 4.79 Å². The number of hydrogen-bond acceptors (Lipinski definition) is 4. The molecule has 0 spiro atoms. The van der Waals surface area contributed by atoms with Crippen LogP contribution in [-0.4, -0.2) is 26.5 Å². The Morgan fingerprint density at radius 3 is 2.90 bits per heavy atom. The second-order valence-corrected chi connectivity index (χ2v) is 3.90. The lowest BCUT2D eigenvalue weighted by Gasteiger charge is -2.06. The highest BCUT2D eigenvalue weighted by Crippen LogP contribution is 2.19. The Balaban J connectivity index is 2.75. The maximum Gasteiger partial charge on any atom is 0.384 e. The van der Waals surface area contributed by atoms with E-state index in [1.165, 1.54) is 0 Å². The van der Waals surface area contributed by atoms with E-state index in [0.29, 0.717) is 6.61 Å². The van der Waals surface area contributed by atoms with Crippen molar-refractivity contribution >= 4 is 11.5 Å². The lowest BCUT2D eigenvalue weighted by molar-refractivity contribution is -0.136. The quantitative estimate of drug-likeness (QED) is 0.358. The minimum Gasteiger partial charge on any atom is -0.468 e. The standard InChI is InChI=1S/C16H18O4/c1-4-19-16(17)10-5-7-13(2)14-8-6-9-15(11-14)20-12-18-3/h6-9,11H,4,12H2,1-3H3. The highest BCUT2D eigenvalue weighted by Gasteiger charge is 1.98. The van der Waals surface area contributed by atoms with E-state index in [2.05, 4.69) is 11.8 Å². The third-order valence-electron chi connectivity index (χ3n) is 2.37. The summed E-state index contributed by atoms with van der Waals surface area (Å²) in [4.78, 5) is 11.1. The molecule has 1 rings (SSSR count). The molecule has 0 aliphatic rings. The van der Waals surface area contributed by atoms with Gasteiger partial charge in [-0.15, -0.1) is 0 Å². The van der Waals surface area contributed by atoms with Crippen LogP contribution in [0.2, 0.25) is 0 Å². The van der Waals surface area contributed by atoms with Crippen molar-refractivity contribution in [2.45, 2.75) is 13.8 Å². The summed E-state index contributed by atoms with van der Waals surface area (Å²) in [5.41, 5.74) is 1.90. The highest BCUT2D eigenvalue weighted by molar-refractivity contribution is 5.89. The zero-order valence-electron chi connectivity index (χ0n) is 11.9. The minimum absolute atomic E-state index is 0.203. The maximum absolute atomic E-state index is 11.1. The first-order valence-corrected chi connectivity index (χ1v) is 6.24. The summed E-state index contributed by atoms with van der Waals surface area (Å²) in [6.07, 6.45) is 1.67. The lowest BCUT2D eigenvalue weighted by Crippen LogP contribution is -1.99. The van der Waals surface area contributed by atoms with Crippen molar-refractivity contribution in [2.75, 3.05) is 20.5 Å². The minimum atomic E-state index is -0.520. The normalized spacial score (nSPS) is 10.4. The van der Waals surface area contributed by atoms with Crippen LogP contribution in [0.3, 0.4) is 0 Å². The largest absolute Gasteiger partial charge is 0.468 e. The van der Waals surface area contributed by atoms with Gasteiger partial charge in [-0.05, 0) is 43.2 Å². The highest BCUT2D eigenvalue weighted by atomic mass is 16.7. The molecule has 0 N–H and O–H groups in total. The van der Waals surface area contributed by atoms with Crippen molar-refractivity contribution in [1.82, 2.24) is 0 Å². The predicted molar refractivity (Wildman–Crippen MR) is 77.0 cm³/mol. The number of benzene rings is 1. The summed E-state index contributed by atoms with van der Waals surface area (Å²) in [6, 6.07) is 7.56. The average molecular weight is 274 g/mol. The fourth-order valence-corrected chi connectivity index (χ4v) is 1.41. The molecule has 0 bridgehead atoms. The Kier molecular flexibility index (Phi) is 6.94. The van der Waals surface area contributed by atoms with Gasteiger partial charge in [-0.25, -0.2) is 4.79 Å². The molecule has 0 aromatic heterocycles. The van der Waals surface area contributed by atoms with Crippen LogP contribution >= 0.6 is 0 Å². The van der Waals surface area contributed by atoms with Gasteiger partial charge < -0.3 is 14.2 Å². The van der Waals surface area contributed by atoms with Gasteiger partial charge in [-0.3, -0.25) is 0 Å². The van der Waals surface area contributed by atoms with Crippen molar-refractivity contribution in [2.24, 2.45) is 0 Å². The van der Waals surface area contributed by atoms with E-state index in [1.807, 2.05) is 31.2 Å². The molecule has 0 saturated carbocycles. The summed E-state index contributed by atoms with van der Waals surface area (Å²) in [5, 5.41) is 0. The number of rotatable bonds is 5. The molecule has 0 aliphatic heterocycles. The van der Waals surface area contributed by atoms with Crippen LogP contribution in [0.1, 0.15) is 19.4 Å². The van der Waals surface area contributed by atoms with Gasteiger partial charge in [0.1, 0.15) is 5.75 Å². The molecule has 0 radical (unpaired) electrons. The topological polar surface area (TPSA) is 44.8 Å². The third-order valence-corrected chi connectivity index (χ3v) is 2.37. The molecule has 0 amide bonds. The van der Waals surface area contributed by atoms with Gasteiger partial charge in [0, 0.05) is 13.0 Å². The van der Waals surface area contributed by atoms with Crippen LogP contribution in [0.4, 0.5) is 0 Å². The Morgan fingerprint density at radius 1 is 1.40 bits per heavy atom. The SMILES string of the molecule is CCOC(=O)C#CC=C(C)c1cccc(OCOC)c1. The van der Waals surface area contributed by atoms with E-state index < -0.39 is 5.97 Å². The van der Waals surface area contributed by atoms with Gasteiger partial charge in [-0.1, -0.05) is 18.1 Å². The number of esters is 1. The van der Waals surface area contributed by atoms with Gasteiger partial charge in [-0.2, -0.15) is 0 Å². The second-order valence-electron chi connectivity index (χ2n) is 3.90. The number of allylic oxidation sites excluding steroid dienone is 2. The smallest absolute Gasteiger partial charge is 0.384 e. The molecule has 0 atom stereocenters. The van der Waals surface area contributed by atoms with Gasteiger partial charge in [0.05, 0.1) is 6.61 Å². The number of ether oxygens (including phenoxy) is 3. The molecule has 0 aliphatic carbocycles. The molecule has 1 aromatic carbocycles. The van der Waals surface area contributed by atoms with Crippen LogP contribution in [-0.2, 0) is 14.3 Å². The molecule has 0 saturated heterocycles. The zero-order chi connectivity index (χ0) is 14.8. The van der Waals surface area contributed by atoms with Gasteiger partial charge in [0.25, 0.3) is 0 Å². The molecule has 4 heteroatoms. The zero-order valence-corrected chi connectivity index (χ0v) is 11.9. The van der Waals surface area contributed by atoms with E-state index in [1.54, 1.807) is 20.1 Å². The first kappa shape index (κ1) is 15.8. The molecule has 106 valence electrons. The van der Waals surface area contributed by atoms with Crippen LogP contribution in [0.5, 0.6) is 5.75 Å². The third kappa shape index (κ3) is 5.59. The van der Waals surface area contributed by atoms with Crippen molar-refractivity contribution in [3.8, 4) is 17.6 Å². The van der Waals surface area contributed by atoms with Crippen LogP contribution < -0.4 is 4.74 Å². The van der Waals surface area contributed by atoms with Crippen molar-refractivity contribution in [3.63, 3.8) is 0 Å². The molecule has 4 nitrogen and oxygen atoms in total. The van der Waals surface area contributed by atoms with Crippen molar-refractivity contribution < 1.29 is 19.0 Å². The summed E-state index contributed by atoms with van der Waals surface area (Å²) in [7, 11) is 1.57. The first-order chi connectivity index (χ1) is 9.67. The fraction of sp³-hybridized carbons (Fsp3) is 0.312. The van der Waals surface area contributed by atoms with Crippen molar-refractivity contribution in [3.05, 3.63) is 35.9 Å². The van der Waals surface area contributed by atoms with E-state index in [0.717, 1.165) is 16.9 Å². The molecular weight excluding hydrogens is 256 g/mol. The van der Waals surface area contributed by atoms with Gasteiger partial charge >= 0.3 is 5.97 Å². The number of carbonyl (C=O) groups is 1. The van der Waals surface area contributed by atoms with Crippen LogP contribution in [0.25, 0.3) is 5.57 Å². The lowest BCUT2D eigenvalue weighted by atomic mass is 10.1. The molecule has 1 aromatic rings. The molecule has 0 heterocycles. The Hall–Kier alpha value is -2.25. The van der Waals surface area contributed by atoms with Crippen LogP contribution in [0, 0.1) is 11.8 Å². The second kappa shape index (κ2) is 8.78. The van der Waals surface area contributed by atoms with Crippen LogP contribution in [0.15, 0.2) is 30.3 Å². The van der Waals surface area contributed by atoms with Gasteiger partial charge in [0.15, 0.2) is 6.79 Å². The Morgan fingerprint density at radius 2 is 2.20 bits per heavy atom. The van der Waals surface area contributed by atoms with Crippen molar-refractivity contribution in [1.29, 1.82) is 0 Å². The molecule has 0 fully saturated rings. The molecule has 0 unspecified atom stereocenters. The number of hydrogen-bond donors (Lipinski definition) is 0. The maximum atomic E-state index is 11.1. The average Bonchev–Trinajstić information content (AvgIpc) is 2.45. The molecular formula is C16H18O4. The van der Waals surface area contributed by atoms with E-state index >= 15 is 0 Å². The Labute approximate surface area is 119 Å². The fourth-order valence-electron chi connectivity index (χ4n) is 1.41. The summed E-state index contributed by atoms with van der Waals surface area (Å²) < 4.78 is 14.9. The summed E-state index contributed by atoms with van der Waals surface area (Å²) in [6.45, 7) is 4.19. The number of methoxy groups -OCH3 is 1. The monoisotopic (exact) mass is 274 g/mol. The predicted octanol–water partition coefficient (Wildman–Crippen LogP) is 2.64. The first-order valence-electron chi connectivity index (χ1n) is 6.24. The Bertz CT molecular complexity index is 535.